The molecule has 0 spiro atoms. The van der Waals surface area contributed by atoms with Gasteiger partial charge in [-0.25, -0.2) is 8.78 Å². The van der Waals surface area contributed by atoms with E-state index >= 15 is 0 Å². The van der Waals surface area contributed by atoms with Gasteiger partial charge in [0, 0.05) is 23.3 Å². The Hall–Kier alpha value is -2.31. The van der Waals surface area contributed by atoms with Crippen LogP contribution in [0.4, 0.5) is 8.78 Å². The molecule has 2 atom stereocenters. The third kappa shape index (κ3) is 4.19. The largest absolute Gasteiger partial charge is 0.286 e. The summed E-state index contributed by atoms with van der Waals surface area (Å²) in [7, 11) is 0. The summed E-state index contributed by atoms with van der Waals surface area (Å²) in [6.45, 7) is 4.35. The SMILES string of the molecule is CC(C)N1[C@@H](c2ccc3nnc(CC(F)F)n3c2)C=C[C@H]1Cc1ccc(Cl)cc1. The second kappa shape index (κ2) is 8.20. The molecule has 3 aromatic rings. The number of fused-ring (bicyclic) bond motifs is 1. The molecule has 0 unspecified atom stereocenters. The highest BCUT2D eigenvalue weighted by molar-refractivity contribution is 6.30. The summed E-state index contributed by atoms with van der Waals surface area (Å²) in [5.74, 6) is 0.285. The Morgan fingerprint density at radius 3 is 2.48 bits per heavy atom. The van der Waals surface area contributed by atoms with E-state index in [4.69, 9.17) is 11.6 Å². The molecule has 4 rings (SSSR count). The van der Waals surface area contributed by atoms with Crippen molar-refractivity contribution < 1.29 is 8.78 Å². The van der Waals surface area contributed by atoms with Crippen LogP contribution in [0.1, 0.15) is 36.8 Å². The molecule has 0 fully saturated rings. The number of hydrogen-bond acceptors (Lipinski definition) is 3. The van der Waals surface area contributed by atoms with Crippen molar-refractivity contribution in [3.05, 3.63) is 76.7 Å². The van der Waals surface area contributed by atoms with Gasteiger partial charge in [-0.3, -0.25) is 9.30 Å². The van der Waals surface area contributed by atoms with Crippen LogP contribution in [0.25, 0.3) is 5.65 Å². The molecule has 7 heteroatoms. The summed E-state index contributed by atoms with van der Waals surface area (Å²) < 4.78 is 27.4. The molecule has 3 heterocycles. The zero-order valence-electron chi connectivity index (χ0n) is 16.3. The van der Waals surface area contributed by atoms with Crippen LogP contribution in [0.15, 0.2) is 54.7 Å². The van der Waals surface area contributed by atoms with Crippen molar-refractivity contribution in [2.24, 2.45) is 0 Å². The lowest BCUT2D eigenvalue weighted by molar-refractivity contribution is 0.146. The Balaban J connectivity index is 1.62. The van der Waals surface area contributed by atoms with Crippen molar-refractivity contribution in [2.75, 3.05) is 0 Å². The van der Waals surface area contributed by atoms with E-state index in [1.54, 1.807) is 4.40 Å². The quantitative estimate of drug-likeness (QED) is 0.523. The van der Waals surface area contributed by atoms with Crippen molar-refractivity contribution in [3.63, 3.8) is 0 Å². The molecule has 0 N–H and O–H groups in total. The van der Waals surface area contributed by atoms with Gasteiger partial charge in [-0.15, -0.1) is 10.2 Å². The molecular formula is C22H23ClF2N4. The van der Waals surface area contributed by atoms with Gasteiger partial charge in [0.05, 0.1) is 12.5 Å². The van der Waals surface area contributed by atoms with E-state index < -0.39 is 12.8 Å². The standard InChI is InChI=1S/C22H23ClF2N4/c1-14(2)29-18(11-15-3-6-17(23)7-4-15)8-9-19(29)16-5-10-21-26-27-22(12-20(24)25)28(21)13-16/h3-10,13-14,18-20H,11-12H2,1-2H3/t18-,19+/m0/s1. The van der Waals surface area contributed by atoms with E-state index in [-0.39, 0.29) is 17.9 Å². The van der Waals surface area contributed by atoms with Gasteiger partial charge in [0.25, 0.3) is 0 Å². The summed E-state index contributed by atoms with van der Waals surface area (Å²) in [5, 5.41) is 8.67. The zero-order chi connectivity index (χ0) is 20.5. The minimum atomic E-state index is -2.45. The van der Waals surface area contributed by atoms with Gasteiger partial charge in [0.2, 0.25) is 6.43 Å². The molecule has 0 aliphatic carbocycles. The first-order valence-corrected chi connectivity index (χ1v) is 10.1. The molecule has 2 aromatic heterocycles. The average molecular weight is 417 g/mol. The minimum absolute atomic E-state index is 0.0681. The van der Waals surface area contributed by atoms with Crippen molar-refractivity contribution in [3.8, 4) is 0 Å². The molecule has 1 aromatic carbocycles. The highest BCUT2D eigenvalue weighted by Crippen LogP contribution is 2.34. The lowest BCUT2D eigenvalue weighted by Gasteiger charge is -2.34. The van der Waals surface area contributed by atoms with Crippen LogP contribution in [0.2, 0.25) is 5.02 Å². The van der Waals surface area contributed by atoms with Crippen LogP contribution in [-0.4, -0.2) is 38.0 Å². The molecule has 0 saturated carbocycles. The summed E-state index contributed by atoms with van der Waals surface area (Å²) in [4.78, 5) is 2.44. The Morgan fingerprint density at radius 2 is 1.79 bits per heavy atom. The van der Waals surface area contributed by atoms with Gasteiger partial charge >= 0.3 is 0 Å². The maximum atomic E-state index is 12.9. The summed E-state index contributed by atoms with van der Waals surface area (Å²) in [6.07, 6.45) is 4.34. The van der Waals surface area contributed by atoms with Gasteiger partial charge in [-0.1, -0.05) is 42.0 Å². The first-order valence-electron chi connectivity index (χ1n) is 9.74. The van der Waals surface area contributed by atoms with Crippen LogP contribution < -0.4 is 0 Å². The molecule has 0 amide bonds. The van der Waals surface area contributed by atoms with Gasteiger partial charge < -0.3 is 0 Å². The van der Waals surface area contributed by atoms with Crippen LogP contribution >= 0.6 is 11.6 Å². The zero-order valence-corrected chi connectivity index (χ0v) is 17.1. The maximum Gasteiger partial charge on any atom is 0.245 e. The number of benzene rings is 1. The number of aromatic nitrogens is 3. The summed E-state index contributed by atoms with van der Waals surface area (Å²) in [5.41, 5.74) is 2.85. The van der Waals surface area contributed by atoms with Crippen LogP contribution in [0, 0.1) is 0 Å². The van der Waals surface area contributed by atoms with Crippen LogP contribution in [0.3, 0.4) is 0 Å². The lowest BCUT2D eigenvalue weighted by Crippen LogP contribution is -2.39. The molecule has 0 saturated heterocycles. The third-order valence-corrected chi connectivity index (χ3v) is 5.60. The van der Waals surface area contributed by atoms with E-state index in [9.17, 15) is 8.78 Å². The van der Waals surface area contributed by atoms with E-state index in [0.29, 0.717) is 11.7 Å². The molecule has 0 radical (unpaired) electrons. The van der Waals surface area contributed by atoms with Gasteiger partial charge in [-0.2, -0.15) is 0 Å². The predicted octanol–water partition coefficient (Wildman–Crippen LogP) is 5.12. The monoisotopic (exact) mass is 416 g/mol. The second-order valence-electron chi connectivity index (χ2n) is 7.67. The maximum absolute atomic E-state index is 12.9. The molecule has 1 aliphatic rings. The first kappa shape index (κ1) is 20.0. The fraction of sp³-hybridized carbons (Fsp3) is 0.364. The number of halogens is 3. The predicted molar refractivity (Wildman–Crippen MR) is 110 cm³/mol. The van der Waals surface area contributed by atoms with Gasteiger partial charge in [-0.05, 0) is 49.6 Å². The number of hydrogen-bond donors (Lipinski definition) is 0. The van der Waals surface area contributed by atoms with Gasteiger partial charge in [0.15, 0.2) is 5.65 Å². The minimum Gasteiger partial charge on any atom is -0.286 e. The fourth-order valence-corrected chi connectivity index (χ4v) is 4.19. The molecule has 1 aliphatic heterocycles. The third-order valence-electron chi connectivity index (χ3n) is 5.35. The van der Waals surface area contributed by atoms with Crippen LogP contribution in [-0.2, 0) is 12.8 Å². The fourth-order valence-electron chi connectivity index (χ4n) is 4.07. The topological polar surface area (TPSA) is 33.4 Å². The van der Waals surface area contributed by atoms with Crippen molar-refractivity contribution in [1.82, 2.24) is 19.5 Å². The van der Waals surface area contributed by atoms with E-state index in [1.807, 2.05) is 30.5 Å². The smallest absolute Gasteiger partial charge is 0.245 e. The highest BCUT2D eigenvalue weighted by Gasteiger charge is 2.32. The molecule has 4 nitrogen and oxygen atoms in total. The van der Waals surface area contributed by atoms with E-state index in [2.05, 4.69) is 53.2 Å². The average Bonchev–Trinajstić information content (AvgIpc) is 3.27. The molecule has 29 heavy (non-hydrogen) atoms. The Kier molecular flexibility index (Phi) is 5.65. The number of pyridine rings is 1. The molecule has 0 bridgehead atoms. The summed E-state index contributed by atoms with van der Waals surface area (Å²) >= 11 is 6.01. The van der Waals surface area contributed by atoms with Crippen molar-refractivity contribution >= 4 is 17.2 Å². The van der Waals surface area contributed by atoms with Crippen LogP contribution in [0.5, 0.6) is 0 Å². The Labute approximate surface area is 173 Å². The van der Waals surface area contributed by atoms with Crippen molar-refractivity contribution in [2.45, 2.75) is 51.2 Å². The van der Waals surface area contributed by atoms with E-state index in [1.165, 1.54) is 5.56 Å². The Morgan fingerprint density at radius 1 is 1.03 bits per heavy atom. The van der Waals surface area contributed by atoms with E-state index in [0.717, 1.165) is 17.0 Å². The number of nitrogens with zero attached hydrogens (tertiary/aromatic N) is 4. The second-order valence-corrected chi connectivity index (χ2v) is 8.11. The molecule has 152 valence electrons. The Bertz CT molecular complexity index is 1010. The molecular weight excluding hydrogens is 394 g/mol. The normalized spacial score (nSPS) is 19.8. The first-order chi connectivity index (χ1) is 13.9. The number of alkyl halides is 2. The van der Waals surface area contributed by atoms with Gasteiger partial charge in [0.1, 0.15) is 5.82 Å². The lowest BCUT2D eigenvalue weighted by atomic mass is 10.0. The highest BCUT2D eigenvalue weighted by atomic mass is 35.5. The summed E-state index contributed by atoms with van der Waals surface area (Å²) in [6, 6.07) is 12.4. The number of rotatable bonds is 6. The van der Waals surface area contributed by atoms with Crippen molar-refractivity contribution in [1.29, 1.82) is 0 Å².